The maximum absolute atomic E-state index is 12.9. The molecule has 0 N–H and O–H groups in total. The van der Waals surface area contributed by atoms with Gasteiger partial charge < -0.3 is 9.30 Å². The summed E-state index contributed by atoms with van der Waals surface area (Å²) in [6.45, 7) is -0.313. The first kappa shape index (κ1) is 17.9. The van der Waals surface area contributed by atoms with Crippen LogP contribution in [0.4, 0.5) is 13.2 Å². The molecule has 2 aromatic heterocycles. The maximum atomic E-state index is 12.9. The predicted octanol–water partition coefficient (Wildman–Crippen LogP) is 2.13. The summed E-state index contributed by atoms with van der Waals surface area (Å²) in [6, 6.07) is 6.75. The van der Waals surface area contributed by atoms with Crippen LogP contribution in [0, 0.1) is 0 Å². The summed E-state index contributed by atoms with van der Waals surface area (Å²) in [5, 5.41) is 0. The Hall–Kier alpha value is -1.91. The number of hydrogen-bond acceptors (Lipinski definition) is 4. The van der Waals surface area contributed by atoms with E-state index >= 15 is 0 Å². The first-order valence-corrected chi connectivity index (χ1v) is 8.92. The molecule has 1 atom stereocenters. The number of sulfonamides is 1. The number of fused-ring (bicyclic) bond motifs is 1. The predicted molar refractivity (Wildman–Crippen MR) is 82.6 cm³/mol. The molecule has 10 heteroatoms. The minimum absolute atomic E-state index is 0.134. The van der Waals surface area contributed by atoms with E-state index < -0.39 is 21.6 Å². The molecule has 0 radical (unpaired) electrons. The van der Waals surface area contributed by atoms with E-state index in [0.29, 0.717) is 10.00 Å². The van der Waals surface area contributed by atoms with E-state index in [-0.39, 0.29) is 26.2 Å². The molecule has 0 unspecified atom stereocenters. The summed E-state index contributed by atoms with van der Waals surface area (Å²) in [4.78, 5) is 3.94. The van der Waals surface area contributed by atoms with Gasteiger partial charge in [0, 0.05) is 37.4 Å². The second-order valence-electron chi connectivity index (χ2n) is 5.69. The van der Waals surface area contributed by atoms with Crippen LogP contribution in [0.1, 0.15) is 11.3 Å². The molecular formula is C15H16F3N3O3S. The molecule has 0 saturated heterocycles. The number of alkyl halides is 3. The molecule has 0 spiro atoms. The topological polar surface area (TPSA) is 64.4 Å². The quantitative estimate of drug-likeness (QED) is 0.821. The zero-order valence-corrected chi connectivity index (χ0v) is 13.9. The molecule has 3 rings (SSSR count). The van der Waals surface area contributed by atoms with Crippen LogP contribution in [0.25, 0.3) is 0 Å². The number of ether oxygens (including phenoxy) is 1. The van der Waals surface area contributed by atoms with Crippen molar-refractivity contribution in [2.45, 2.75) is 31.3 Å². The van der Waals surface area contributed by atoms with Crippen LogP contribution in [0.5, 0.6) is 0 Å². The Morgan fingerprint density at radius 3 is 2.72 bits per heavy atom. The summed E-state index contributed by atoms with van der Waals surface area (Å²) in [6.07, 6.45) is 4.16. The second-order valence-corrected chi connectivity index (χ2v) is 7.62. The Balaban J connectivity index is 1.82. The Kier molecular flexibility index (Phi) is 4.85. The lowest BCUT2D eigenvalue weighted by atomic mass is 10.3. The summed E-state index contributed by atoms with van der Waals surface area (Å²) >= 11 is 0. The first-order valence-electron chi connectivity index (χ1n) is 7.48. The van der Waals surface area contributed by atoms with Crippen molar-refractivity contribution in [1.29, 1.82) is 0 Å². The smallest absolute Gasteiger partial charge is 0.370 e. The monoisotopic (exact) mass is 375 g/mol. The zero-order valence-electron chi connectivity index (χ0n) is 13.1. The highest BCUT2D eigenvalue weighted by molar-refractivity contribution is 7.89. The Bertz CT molecular complexity index is 821. The van der Waals surface area contributed by atoms with Crippen LogP contribution >= 0.6 is 0 Å². The third-order valence-electron chi connectivity index (χ3n) is 3.91. The van der Waals surface area contributed by atoms with Crippen molar-refractivity contribution in [3.8, 4) is 0 Å². The number of halogens is 3. The molecule has 0 aliphatic carbocycles. The summed E-state index contributed by atoms with van der Waals surface area (Å²) in [5.74, 6) is 0. The molecule has 0 bridgehead atoms. The third-order valence-corrected chi connectivity index (χ3v) is 5.45. The normalized spacial score (nSPS) is 19.4. The summed E-state index contributed by atoms with van der Waals surface area (Å²) < 4.78 is 70.3. The van der Waals surface area contributed by atoms with Crippen molar-refractivity contribution < 1.29 is 26.3 Å². The van der Waals surface area contributed by atoms with Crippen LogP contribution in [0.3, 0.4) is 0 Å². The third kappa shape index (κ3) is 3.86. The van der Waals surface area contributed by atoms with Gasteiger partial charge in [-0.05, 0) is 23.8 Å². The van der Waals surface area contributed by atoms with Crippen LogP contribution in [-0.2, 0) is 34.5 Å². The highest BCUT2D eigenvalue weighted by Gasteiger charge is 2.51. The molecule has 3 heterocycles. The van der Waals surface area contributed by atoms with Gasteiger partial charge in [0.1, 0.15) is 0 Å². The van der Waals surface area contributed by atoms with Crippen LogP contribution in [0.15, 0.2) is 42.9 Å². The van der Waals surface area contributed by atoms with Gasteiger partial charge in [-0.15, -0.1) is 0 Å². The minimum Gasteiger partial charge on any atom is -0.370 e. The van der Waals surface area contributed by atoms with Gasteiger partial charge in [0.05, 0.1) is 19.3 Å². The molecule has 25 heavy (non-hydrogen) atoms. The van der Waals surface area contributed by atoms with E-state index in [1.54, 1.807) is 47.4 Å². The fraction of sp³-hybridized carbons (Fsp3) is 0.400. The molecule has 0 fully saturated rings. The Morgan fingerprint density at radius 1 is 1.24 bits per heavy atom. The lowest BCUT2D eigenvalue weighted by Gasteiger charge is -2.24. The van der Waals surface area contributed by atoms with Crippen molar-refractivity contribution in [1.82, 2.24) is 13.9 Å². The fourth-order valence-electron chi connectivity index (χ4n) is 2.65. The standard InChI is InChI=1S/C15H16F3N3O3S/c16-15(17,18)25(22,23)21-8-13-4-2-6-20(13)9-14(10-21)24-11-12-3-1-5-19-7-12/h1-7,14H,8-11H2/t14-/m1/s1. The number of hydrogen-bond donors (Lipinski definition) is 0. The summed E-state index contributed by atoms with van der Waals surface area (Å²) in [5.41, 5.74) is -4.10. The Labute approximate surface area is 142 Å². The molecule has 2 aromatic rings. The number of nitrogens with zero attached hydrogens (tertiary/aromatic N) is 3. The highest BCUT2D eigenvalue weighted by atomic mass is 32.2. The van der Waals surface area contributed by atoms with Crippen molar-refractivity contribution >= 4 is 10.0 Å². The van der Waals surface area contributed by atoms with Crippen molar-refractivity contribution in [2.24, 2.45) is 0 Å². The van der Waals surface area contributed by atoms with Gasteiger partial charge >= 0.3 is 15.5 Å². The van der Waals surface area contributed by atoms with Gasteiger partial charge in [-0.25, -0.2) is 8.42 Å². The van der Waals surface area contributed by atoms with E-state index in [2.05, 4.69) is 4.98 Å². The van der Waals surface area contributed by atoms with Gasteiger partial charge in [-0.2, -0.15) is 17.5 Å². The van der Waals surface area contributed by atoms with Crippen molar-refractivity contribution in [2.75, 3.05) is 6.54 Å². The average Bonchev–Trinajstić information content (AvgIpc) is 2.90. The van der Waals surface area contributed by atoms with E-state index in [9.17, 15) is 21.6 Å². The van der Waals surface area contributed by atoms with E-state index in [0.717, 1.165) is 5.56 Å². The van der Waals surface area contributed by atoms with Crippen LogP contribution in [0.2, 0.25) is 0 Å². The van der Waals surface area contributed by atoms with Gasteiger partial charge in [0.25, 0.3) is 0 Å². The molecule has 6 nitrogen and oxygen atoms in total. The minimum atomic E-state index is -5.43. The zero-order chi connectivity index (χ0) is 18.1. The van der Waals surface area contributed by atoms with Crippen LogP contribution < -0.4 is 0 Å². The molecule has 136 valence electrons. The first-order chi connectivity index (χ1) is 11.8. The van der Waals surface area contributed by atoms with Gasteiger partial charge in [-0.3, -0.25) is 4.98 Å². The van der Waals surface area contributed by atoms with Crippen LogP contribution in [-0.4, -0.2) is 40.4 Å². The summed E-state index contributed by atoms with van der Waals surface area (Å²) in [7, 11) is -5.43. The number of rotatable bonds is 4. The van der Waals surface area contributed by atoms with Crippen molar-refractivity contribution in [3.05, 3.63) is 54.1 Å². The van der Waals surface area contributed by atoms with E-state index in [1.165, 1.54) is 0 Å². The lowest BCUT2D eigenvalue weighted by Crippen LogP contribution is -2.43. The number of aromatic nitrogens is 2. The lowest BCUT2D eigenvalue weighted by molar-refractivity contribution is -0.0511. The fourth-order valence-corrected chi connectivity index (χ4v) is 3.61. The van der Waals surface area contributed by atoms with E-state index in [4.69, 9.17) is 4.74 Å². The number of pyridine rings is 1. The molecule has 0 amide bonds. The second kappa shape index (κ2) is 6.77. The SMILES string of the molecule is O=S(=O)(N1Cc2cccn2C[C@@H](OCc2cccnc2)C1)C(F)(F)F. The Morgan fingerprint density at radius 2 is 2.04 bits per heavy atom. The van der Waals surface area contributed by atoms with Gasteiger partial charge in [0.15, 0.2) is 0 Å². The molecule has 1 aliphatic rings. The molecular weight excluding hydrogens is 359 g/mol. The maximum Gasteiger partial charge on any atom is 0.511 e. The van der Waals surface area contributed by atoms with Gasteiger partial charge in [-0.1, -0.05) is 6.07 Å². The van der Waals surface area contributed by atoms with E-state index in [1.807, 2.05) is 0 Å². The molecule has 1 aliphatic heterocycles. The van der Waals surface area contributed by atoms with Crippen molar-refractivity contribution in [3.63, 3.8) is 0 Å². The molecule has 0 aromatic carbocycles. The van der Waals surface area contributed by atoms with Gasteiger partial charge in [0.2, 0.25) is 0 Å². The molecule has 0 saturated carbocycles. The average molecular weight is 375 g/mol. The largest absolute Gasteiger partial charge is 0.511 e. The highest BCUT2D eigenvalue weighted by Crippen LogP contribution is 2.30.